The Labute approximate surface area is 83.1 Å². The van der Waals surface area contributed by atoms with Gasteiger partial charge in [-0.1, -0.05) is 6.07 Å². The predicted molar refractivity (Wildman–Crippen MR) is 52.7 cm³/mol. The lowest BCUT2D eigenvalue weighted by Gasteiger charge is -2.08. The maximum Gasteiger partial charge on any atom is 0.322 e. The zero-order chi connectivity index (χ0) is 10.6. The highest BCUT2D eigenvalue weighted by atomic mass is 16.5. The van der Waals surface area contributed by atoms with Crippen LogP contribution in [0.25, 0.3) is 0 Å². The molecule has 0 aromatic carbocycles. The highest BCUT2D eigenvalue weighted by molar-refractivity contribution is 5.75. The van der Waals surface area contributed by atoms with Crippen LogP contribution in [0.4, 0.5) is 0 Å². The number of methoxy groups -OCH3 is 1. The fourth-order valence-corrected chi connectivity index (χ4v) is 1.11. The first kappa shape index (κ1) is 10.7. The van der Waals surface area contributed by atoms with Crippen LogP contribution in [0.1, 0.15) is 11.3 Å². The molecular weight excluding hydrogens is 180 g/mol. The van der Waals surface area contributed by atoms with Crippen molar-refractivity contribution in [2.45, 2.75) is 19.4 Å². The second-order valence-electron chi connectivity index (χ2n) is 3.14. The number of pyridine rings is 1. The number of nitrogens with zero attached hydrogens (tertiary/aromatic N) is 1. The van der Waals surface area contributed by atoms with Crippen molar-refractivity contribution in [1.29, 1.82) is 0 Å². The number of hydrogen-bond acceptors (Lipinski definition) is 4. The Morgan fingerprint density at radius 2 is 2.36 bits per heavy atom. The largest absolute Gasteiger partial charge is 0.468 e. The van der Waals surface area contributed by atoms with Gasteiger partial charge in [0.2, 0.25) is 0 Å². The molecular formula is C10H14N2O2. The number of aryl methyl sites for hydroxylation is 1. The molecule has 1 heterocycles. The molecule has 0 radical (unpaired) electrons. The van der Waals surface area contributed by atoms with Crippen LogP contribution in [-0.2, 0) is 16.0 Å². The van der Waals surface area contributed by atoms with Gasteiger partial charge < -0.3 is 10.5 Å². The smallest absolute Gasteiger partial charge is 0.322 e. The summed E-state index contributed by atoms with van der Waals surface area (Å²) in [5.41, 5.74) is 7.48. The zero-order valence-corrected chi connectivity index (χ0v) is 8.36. The van der Waals surface area contributed by atoms with Crippen molar-refractivity contribution < 1.29 is 9.53 Å². The Kier molecular flexibility index (Phi) is 3.59. The molecule has 76 valence electrons. The summed E-state index contributed by atoms with van der Waals surface area (Å²) in [7, 11) is 1.33. The van der Waals surface area contributed by atoms with Crippen molar-refractivity contribution in [2.75, 3.05) is 7.11 Å². The number of carbonyl (C=O) groups excluding carboxylic acids is 1. The minimum absolute atomic E-state index is 0.398. The second-order valence-corrected chi connectivity index (χ2v) is 3.14. The van der Waals surface area contributed by atoms with E-state index in [2.05, 4.69) is 9.72 Å². The van der Waals surface area contributed by atoms with Crippen molar-refractivity contribution in [3.63, 3.8) is 0 Å². The van der Waals surface area contributed by atoms with Crippen molar-refractivity contribution in [3.05, 3.63) is 29.6 Å². The van der Waals surface area contributed by atoms with E-state index in [0.717, 1.165) is 11.3 Å². The first-order valence-corrected chi connectivity index (χ1v) is 4.38. The van der Waals surface area contributed by atoms with E-state index in [-0.39, 0.29) is 0 Å². The molecule has 4 heteroatoms. The Hall–Kier alpha value is -1.42. The lowest BCUT2D eigenvalue weighted by molar-refractivity contribution is -0.142. The lowest BCUT2D eigenvalue weighted by Crippen LogP contribution is -2.33. The van der Waals surface area contributed by atoms with Crippen LogP contribution in [0.2, 0.25) is 0 Å². The number of hydrogen-bond donors (Lipinski definition) is 1. The van der Waals surface area contributed by atoms with Gasteiger partial charge in [-0.15, -0.1) is 0 Å². The molecule has 4 nitrogen and oxygen atoms in total. The van der Waals surface area contributed by atoms with E-state index in [4.69, 9.17) is 5.73 Å². The molecule has 0 bridgehead atoms. The van der Waals surface area contributed by atoms with Gasteiger partial charge in [-0.3, -0.25) is 9.78 Å². The van der Waals surface area contributed by atoms with Gasteiger partial charge >= 0.3 is 5.97 Å². The molecule has 0 aliphatic rings. The van der Waals surface area contributed by atoms with E-state index in [1.165, 1.54) is 7.11 Å². The maximum absolute atomic E-state index is 11.0. The third-order valence-electron chi connectivity index (χ3n) is 1.93. The molecule has 2 N–H and O–H groups in total. The van der Waals surface area contributed by atoms with E-state index in [0.29, 0.717) is 6.42 Å². The first-order chi connectivity index (χ1) is 6.63. The number of carbonyl (C=O) groups is 1. The summed E-state index contributed by atoms with van der Waals surface area (Å²) in [5.74, 6) is -0.398. The van der Waals surface area contributed by atoms with Crippen molar-refractivity contribution in [2.24, 2.45) is 5.73 Å². The Balaban J connectivity index is 2.60. The van der Waals surface area contributed by atoms with Gasteiger partial charge in [0.25, 0.3) is 0 Å². The predicted octanol–water partition coefficient (Wildman–Crippen LogP) is 0.433. The summed E-state index contributed by atoms with van der Waals surface area (Å²) in [6.07, 6.45) is 2.18. The molecule has 1 rings (SSSR count). The lowest BCUT2D eigenvalue weighted by atomic mass is 10.1. The van der Waals surface area contributed by atoms with Gasteiger partial charge in [0.05, 0.1) is 7.11 Å². The van der Waals surface area contributed by atoms with Gasteiger partial charge in [0, 0.05) is 11.9 Å². The van der Waals surface area contributed by atoms with Crippen molar-refractivity contribution >= 4 is 5.97 Å². The second kappa shape index (κ2) is 4.72. The van der Waals surface area contributed by atoms with Gasteiger partial charge in [-0.2, -0.15) is 0 Å². The number of rotatable bonds is 3. The topological polar surface area (TPSA) is 65.2 Å². The molecule has 0 saturated heterocycles. The van der Waals surface area contributed by atoms with Gasteiger partial charge in [0.15, 0.2) is 0 Å². The van der Waals surface area contributed by atoms with Gasteiger partial charge in [-0.05, 0) is 25.0 Å². The summed E-state index contributed by atoms with van der Waals surface area (Å²) in [4.78, 5) is 15.1. The van der Waals surface area contributed by atoms with Gasteiger partial charge in [0.1, 0.15) is 6.04 Å². The molecule has 0 spiro atoms. The fraction of sp³-hybridized carbons (Fsp3) is 0.400. The SMILES string of the molecule is COC(=O)[C@@H](N)Cc1ccc(C)nc1. The normalized spacial score (nSPS) is 12.2. The highest BCUT2D eigenvalue weighted by Gasteiger charge is 2.13. The Morgan fingerprint density at radius 1 is 1.64 bits per heavy atom. The number of ether oxygens (including phenoxy) is 1. The molecule has 0 unspecified atom stereocenters. The number of nitrogens with two attached hydrogens (primary N) is 1. The van der Waals surface area contributed by atoms with Crippen LogP contribution in [0.15, 0.2) is 18.3 Å². The van der Waals surface area contributed by atoms with Crippen LogP contribution >= 0.6 is 0 Å². The van der Waals surface area contributed by atoms with Crippen LogP contribution in [0.5, 0.6) is 0 Å². The summed E-state index contributed by atoms with van der Waals surface area (Å²) < 4.78 is 4.52. The molecule has 1 aromatic rings. The summed E-state index contributed by atoms with van der Waals surface area (Å²) in [6.45, 7) is 1.91. The molecule has 0 amide bonds. The van der Waals surface area contributed by atoms with E-state index < -0.39 is 12.0 Å². The molecule has 0 saturated carbocycles. The Bertz CT molecular complexity index is 308. The third-order valence-corrected chi connectivity index (χ3v) is 1.93. The molecule has 1 aromatic heterocycles. The van der Waals surface area contributed by atoms with Gasteiger partial charge in [-0.25, -0.2) is 0 Å². The molecule has 1 atom stereocenters. The number of aromatic nitrogens is 1. The van der Waals surface area contributed by atoms with Crippen LogP contribution in [-0.4, -0.2) is 24.1 Å². The minimum atomic E-state index is -0.607. The monoisotopic (exact) mass is 194 g/mol. The summed E-state index contributed by atoms with van der Waals surface area (Å²) in [5, 5.41) is 0. The average Bonchev–Trinajstić information content (AvgIpc) is 2.20. The van der Waals surface area contributed by atoms with Crippen molar-refractivity contribution in [3.8, 4) is 0 Å². The third kappa shape index (κ3) is 2.81. The van der Waals surface area contributed by atoms with Crippen LogP contribution in [0, 0.1) is 6.92 Å². The minimum Gasteiger partial charge on any atom is -0.468 e. The standard InChI is InChI=1S/C10H14N2O2/c1-7-3-4-8(6-12-7)5-9(11)10(13)14-2/h3-4,6,9H,5,11H2,1-2H3/t9-/m0/s1. The van der Waals surface area contributed by atoms with Crippen molar-refractivity contribution in [1.82, 2.24) is 4.98 Å². The number of esters is 1. The first-order valence-electron chi connectivity index (χ1n) is 4.38. The Morgan fingerprint density at radius 3 is 2.86 bits per heavy atom. The molecule has 0 fully saturated rings. The van der Waals surface area contributed by atoms with E-state index in [1.807, 2.05) is 19.1 Å². The molecule has 0 aliphatic carbocycles. The highest BCUT2D eigenvalue weighted by Crippen LogP contribution is 2.02. The molecule has 0 aliphatic heterocycles. The summed E-state index contributed by atoms with van der Waals surface area (Å²) >= 11 is 0. The maximum atomic E-state index is 11.0. The molecule has 14 heavy (non-hydrogen) atoms. The quantitative estimate of drug-likeness (QED) is 0.709. The van der Waals surface area contributed by atoms with E-state index in [9.17, 15) is 4.79 Å². The summed E-state index contributed by atoms with van der Waals surface area (Å²) in [6, 6.07) is 3.19. The van der Waals surface area contributed by atoms with Crippen LogP contribution < -0.4 is 5.73 Å². The zero-order valence-electron chi connectivity index (χ0n) is 8.36. The fourth-order valence-electron chi connectivity index (χ4n) is 1.11. The van der Waals surface area contributed by atoms with E-state index >= 15 is 0 Å². The van der Waals surface area contributed by atoms with E-state index in [1.54, 1.807) is 6.20 Å². The average molecular weight is 194 g/mol. The van der Waals surface area contributed by atoms with Crippen LogP contribution in [0.3, 0.4) is 0 Å².